The normalized spacial score (nSPS) is 14.8. The van der Waals surface area contributed by atoms with Crippen molar-refractivity contribution in [1.29, 1.82) is 0 Å². The molecule has 2 aromatic rings. The van der Waals surface area contributed by atoms with Gasteiger partial charge in [-0.3, -0.25) is 0 Å². The van der Waals surface area contributed by atoms with E-state index in [1.54, 1.807) is 4.90 Å². The van der Waals surface area contributed by atoms with Crippen LogP contribution < -0.4 is 4.74 Å². The zero-order valence-electron chi connectivity index (χ0n) is 18.6. The first kappa shape index (κ1) is 23.6. The molecule has 1 aromatic heterocycles. The lowest BCUT2D eigenvalue weighted by atomic mass is 10.0. The monoisotopic (exact) mass is 448 g/mol. The molecule has 1 aliphatic heterocycles. The zero-order valence-corrected chi connectivity index (χ0v) is 18.6. The van der Waals surface area contributed by atoms with Crippen LogP contribution in [-0.4, -0.2) is 34.7 Å². The Labute approximate surface area is 185 Å². The van der Waals surface area contributed by atoms with Crippen LogP contribution in [0.1, 0.15) is 50.3 Å². The Balaban J connectivity index is 1.66. The molecule has 0 bridgehead atoms. The molecule has 0 radical (unpaired) electrons. The second kappa shape index (κ2) is 9.22. The fourth-order valence-electron chi connectivity index (χ4n) is 3.22. The van der Waals surface area contributed by atoms with Gasteiger partial charge in [-0.15, -0.1) is 0 Å². The van der Waals surface area contributed by atoms with Crippen molar-refractivity contribution in [3.8, 4) is 11.6 Å². The highest BCUT2D eigenvalue weighted by Gasteiger charge is 2.30. The van der Waals surface area contributed by atoms with Gasteiger partial charge in [0.25, 0.3) is 0 Å². The van der Waals surface area contributed by atoms with Gasteiger partial charge < -0.3 is 14.4 Å². The van der Waals surface area contributed by atoms with Gasteiger partial charge >= 0.3 is 12.3 Å². The molecular formula is C24H27F3N2O3. The Morgan fingerprint density at radius 1 is 1.09 bits per heavy atom. The van der Waals surface area contributed by atoms with Crippen molar-refractivity contribution in [3.63, 3.8) is 0 Å². The third-order valence-electron chi connectivity index (χ3n) is 4.92. The van der Waals surface area contributed by atoms with E-state index in [-0.39, 0.29) is 12.0 Å². The second-order valence-electron chi connectivity index (χ2n) is 8.78. The Morgan fingerprint density at radius 3 is 2.34 bits per heavy atom. The number of carbonyl (C=O) groups is 1. The molecule has 3 rings (SSSR count). The van der Waals surface area contributed by atoms with E-state index in [0.29, 0.717) is 18.8 Å². The zero-order chi connectivity index (χ0) is 23.5. The van der Waals surface area contributed by atoms with Crippen LogP contribution in [0, 0.1) is 6.92 Å². The minimum atomic E-state index is -4.44. The number of aromatic nitrogens is 1. The van der Waals surface area contributed by atoms with Crippen LogP contribution in [0.5, 0.6) is 11.6 Å². The molecule has 0 N–H and O–H groups in total. The van der Waals surface area contributed by atoms with Crippen LogP contribution in [-0.2, 0) is 10.9 Å². The predicted molar refractivity (Wildman–Crippen MR) is 116 cm³/mol. The first-order chi connectivity index (χ1) is 14.9. The van der Waals surface area contributed by atoms with Crippen molar-refractivity contribution in [1.82, 2.24) is 9.88 Å². The van der Waals surface area contributed by atoms with Gasteiger partial charge in [-0.25, -0.2) is 9.78 Å². The number of ether oxygens (including phenoxy) is 2. The fourth-order valence-corrected chi connectivity index (χ4v) is 3.22. The summed E-state index contributed by atoms with van der Waals surface area (Å²) in [6.45, 7) is 8.57. The molecule has 1 fully saturated rings. The third-order valence-corrected chi connectivity index (χ3v) is 4.92. The molecule has 2 heterocycles. The summed E-state index contributed by atoms with van der Waals surface area (Å²) in [5.41, 5.74) is 1.62. The standard InChI is InChI=1S/C24H27F3N2O3/c1-16-5-6-18(13-17-9-11-29(12-10-17)22(30)32-23(2,3)4)14-20(16)31-21-8-7-19(15-28-21)24(25,26)27/h5-8,13-15H,9-12H2,1-4H3. The average Bonchev–Trinajstić information content (AvgIpc) is 2.69. The molecule has 1 aliphatic rings. The number of benzene rings is 1. The SMILES string of the molecule is Cc1ccc(C=C2CCN(C(=O)OC(C)(C)C)CC2)cc1Oc1ccc(C(F)(F)F)cn1. The van der Waals surface area contributed by atoms with E-state index in [0.717, 1.165) is 36.2 Å². The number of halogens is 3. The number of amides is 1. The molecule has 0 unspecified atom stereocenters. The quantitative estimate of drug-likeness (QED) is 0.530. The highest BCUT2D eigenvalue weighted by molar-refractivity contribution is 5.68. The molecule has 32 heavy (non-hydrogen) atoms. The molecule has 0 atom stereocenters. The summed E-state index contributed by atoms with van der Waals surface area (Å²) in [4.78, 5) is 17.7. The van der Waals surface area contributed by atoms with Crippen LogP contribution in [0.15, 0.2) is 42.1 Å². The Morgan fingerprint density at radius 2 is 1.78 bits per heavy atom. The number of hydrogen-bond donors (Lipinski definition) is 0. The number of likely N-dealkylation sites (tertiary alicyclic amines) is 1. The number of rotatable bonds is 3. The van der Waals surface area contributed by atoms with Crippen LogP contribution >= 0.6 is 0 Å². The summed E-state index contributed by atoms with van der Waals surface area (Å²) in [5.74, 6) is 0.620. The lowest BCUT2D eigenvalue weighted by molar-refractivity contribution is -0.137. The smallest absolute Gasteiger partial charge is 0.417 e. The number of alkyl halides is 3. The summed E-state index contributed by atoms with van der Waals surface area (Å²) < 4.78 is 49.3. The molecule has 8 heteroatoms. The van der Waals surface area contributed by atoms with Gasteiger partial charge in [-0.05, 0) is 63.8 Å². The van der Waals surface area contributed by atoms with E-state index in [1.165, 1.54) is 11.6 Å². The molecule has 1 aromatic carbocycles. The van der Waals surface area contributed by atoms with E-state index in [1.807, 2.05) is 45.9 Å². The minimum Gasteiger partial charge on any atom is -0.444 e. The van der Waals surface area contributed by atoms with Crippen molar-refractivity contribution < 1.29 is 27.4 Å². The first-order valence-corrected chi connectivity index (χ1v) is 10.4. The summed E-state index contributed by atoms with van der Waals surface area (Å²) in [7, 11) is 0. The van der Waals surface area contributed by atoms with E-state index < -0.39 is 17.3 Å². The molecule has 0 aliphatic carbocycles. The van der Waals surface area contributed by atoms with Gasteiger partial charge in [0.1, 0.15) is 11.4 Å². The average molecular weight is 448 g/mol. The van der Waals surface area contributed by atoms with Gasteiger partial charge in [0, 0.05) is 25.4 Å². The number of hydrogen-bond acceptors (Lipinski definition) is 4. The maximum Gasteiger partial charge on any atom is 0.417 e. The number of aryl methyl sites for hydroxylation is 1. The molecule has 0 saturated carbocycles. The molecular weight excluding hydrogens is 421 g/mol. The van der Waals surface area contributed by atoms with Crippen molar-refractivity contribution in [2.24, 2.45) is 0 Å². The molecule has 1 amide bonds. The lowest BCUT2D eigenvalue weighted by Gasteiger charge is -2.31. The lowest BCUT2D eigenvalue weighted by Crippen LogP contribution is -2.40. The van der Waals surface area contributed by atoms with Crippen molar-refractivity contribution in [3.05, 3.63) is 58.8 Å². The van der Waals surface area contributed by atoms with E-state index in [2.05, 4.69) is 11.1 Å². The molecule has 1 saturated heterocycles. The van der Waals surface area contributed by atoms with Gasteiger partial charge in [-0.1, -0.05) is 23.8 Å². The number of pyridine rings is 1. The maximum absolute atomic E-state index is 12.7. The Kier molecular flexibility index (Phi) is 6.81. The second-order valence-corrected chi connectivity index (χ2v) is 8.78. The van der Waals surface area contributed by atoms with Gasteiger partial charge in [0.2, 0.25) is 5.88 Å². The largest absolute Gasteiger partial charge is 0.444 e. The van der Waals surface area contributed by atoms with Gasteiger partial charge in [0.05, 0.1) is 5.56 Å². The maximum atomic E-state index is 12.7. The highest BCUT2D eigenvalue weighted by atomic mass is 19.4. The summed E-state index contributed by atoms with van der Waals surface area (Å²) in [5, 5.41) is 0. The van der Waals surface area contributed by atoms with E-state index in [9.17, 15) is 18.0 Å². The van der Waals surface area contributed by atoms with Crippen LogP contribution in [0.25, 0.3) is 6.08 Å². The predicted octanol–water partition coefficient (Wildman–Crippen LogP) is 6.62. The Bertz CT molecular complexity index is 983. The number of nitrogens with zero attached hydrogens (tertiary/aromatic N) is 2. The minimum absolute atomic E-state index is 0.0940. The Hall–Kier alpha value is -3.03. The first-order valence-electron chi connectivity index (χ1n) is 10.4. The van der Waals surface area contributed by atoms with Crippen LogP contribution in [0.3, 0.4) is 0 Å². The molecule has 0 spiro atoms. The highest BCUT2D eigenvalue weighted by Crippen LogP contribution is 2.31. The number of piperidine rings is 1. The third kappa shape index (κ3) is 6.48. The van der Waals surface area contributed by atoms with Crippen molar-refractivity contribution >= 4 is 12.2 Å². The van der Waals surface area contributed by atoms with Crippen LogP contribution in [0.2, 0.25) is 0 Å². The summed E-state index contributed by atoms with van der Waals surface area (Å²) in [6.07, 6.45) is -0.444. The van der Waals surface area contributed by atoms with Gasteiger partial charge in [-0.2, -0.15) is 13.2 Å². The molecule has 5 nitrogen and oxygen atoms in total. The van der Waals surface area contributed by atoms with Crippen molar-refractivity contribution in [2.75, 3.05) is 13.1 Å². The van der Waals surface area contributed by atoms with Gasteiger partial charge in [0.15, 0.2) is 0 Å². The van der Waals surface area contributed by atoms with E-state index in [4.69, 9.17) is 9.47 Å². The summed E-state index contributed by atoms with van der Waals surface area (Å²) in [6, 6.07) is 7.83. The van der Waals surface area contributed by atoms with Crippen molar-refractivity contribution in [2.45, 2.75) is 52.3 Å². The molecule has 172 valence electrons. The topological polar surface area (TPSA) is 51.7 Å². The fraction of sp³-hybridized carbons (Fsp3) is 0.417. The van der Waals surface area contributed by atoms with E-state index >= 15 is 0 Å². The number of carbonyl (C=O) groups excluding carboxylic acids is 1. The van der Waals surface area contributed by atoms with Crippen LogP contribution in [0.4, 0.5) is 18.0 Å². The summed E-state index contributed by atoms with van der Waals surface area (Å²) >= 11 is 0.